The van der Waals surface area contributed by atoms with Crippen LogP contribution in [0, 0.1) is 5.82 Å². The van der Waals surface area contributed by atoms with Gasteiger partial charge in [0.2, 0.25) is 0 Å². The van der Waals surface area contributed by atoms with Crippen molar-refractivity contribution in [2.75, 3.05) is 0 Å². The minimum Gasteiger partial charge on any atom is -0.459 e. The molecule has 20 heavy (non-hydrogen) atoms. The summed E-state index contributed by atoms with van der Waals surface area (Å²) in [5.41, 5.74) is 0.542. The first-order valence-corrected chi connectivity index (χ1v) is 6.49. The lowest BCUT2D eigenvalue weighted by atomic mass is 10.0. The van der Waals surface area contributed by atoms with Crippen LogP contribution < -0.4 is 5.56 Å². The topological polar surface area (TPSA) is 59.2 Å². The molecule has 0 aliphatic carbocycles. The number of nitrogens with one attached hydrogen (secondary N) is 1. The van der Waals surface area contributed by atoms with Crippen molar-refractivity contribution in [3.8, 4) is 0 Å². The molecule has 1 aromatic carbocycles. The summed E-state index contributed by atoms with van der Waals surface area (Å²) in [6, 6.07) is 3.92. The number of ether oxygens (including phenoxy) is 1. The van der Waals surface area contributed by atoms with Crippen LogP contribution in [0.1, 0.15) is 36.7 Å². The van der Waals surface area contributed by atoms with Crippen LogP contribution >= 0.6 is 0 Å². The highest BCUT2D eigenvalue weighted by Gasteiger charge is 2.20. The fourth-order valence-electron chi connectivity index (χ4n) is 2.15. The van der Waals surface area contributed by atoms with E-state index in [1.54, 1.807) is 20.8 Å². The van der Waals surface area contributed by atoms with E-state index in [2.05, 4.69) is 4.98 Å². The molecule has 0 saturated heterocycles. The summed E-state index contributed by atoms with van der Waals surface area (Å²) in [6.45, 7) is 5.21. The Morgan fingerprint density at radius 3 is 2.70 bits per heavy atom. The van der Waals surface area contributed by atoms with Crippen LogP contribution in [-0.2, 0) is 11.2 Å². The molecule has 0 atom stereocenters. The first-order chi connectivity index (χ1) is 9.43. The highest BCUT2D eigenvalue weighted by Crippen LogP contribution is 2.21. The summed E-state index contributed by atoms with van der Waals surface area (Å²) >= 11 is 0. The Morgan fingerprint density at radius 2 is 2.10 bits per heavy atom. The molecule has 5 heteroatoms. The fourth-order valence-corrected chi connectivity index (χ4v) is 2.15. The zero-order chi connectivity index (χ0) is 14.9. The number of aromatic amines is 1. The molecular formula is C15H16FNO3. The number of fused-ring (bicyclic) bond motifs is 1. The van der Waals surface area contributed by atoms with Crippen molar-refractivity contribution in [1.29, 1.82) is 0 Å². The second kappa shape index (κ2) is 5.45. The Bertz CT molecular complexity index is 719. The van der Waals surface area contributed by atoms with Crippen LogP contribution in [0.2, 0.25) is 0 Å². The van der Waals surface area contributed by atoms with Crippen molar-refractivity contribution in [3.63, 3.8) is 0 Å². The number of pyridine rings is 1. The fraction of sp³-hybridized carbons (Fsp3) is 0.333. The van der Waals surface area contributed by atoms with Gasteiger partial charge in [-0.1, -0.05) is 6.92 Å². The van der Waals surface area contributed by atoms with Crippen molar-refractivity contribution < 1.29 is 13.9 Å². The number of carbonyl (C=O) groups is 1. The van der Waals surface area contributed by atoms with Crippen molar-refractivity contribution in [1.82, 2.24) is 4.98 Å². The van der Waals surface area contributed by atoms with Crippen molar-refractivity contribution >= 4 is 16.9 Å². The van der Waals surface area contributed by atoms with Gasteiger partial charge in [0.05, 0.1) is 11.7 Å². The molecule has 0 saturated carbocycles. The quantitative estimate of drug-likeness (QED) is 0.878. The molecule has 2 aromatic rings. The number of rotatable bonds is 3. The van der Waals surface area contributed by atoms with E-state index in [0.29, 0.717) is 22.9 Å². The van der Waals surface area contributed by atoms with Gasteiger partial charge < -0.3 is 9.72 Å². The second-order valence-corrected chi connectivity index (χ2v) is 4.81. The third-order valence-corrected chi connectivity index (χ3v) is 2.98. The zero-order valence-electron chi connectivity index (χ0n) is 11.6. The highest BCUT2D eigenvalue weighted by molar-refractivity contribution is 6.04. The molecule has 106 valence electrons. The predicted octanol–water partition coefficient (Wildman–Crippen LogP) is 2.79. The van der Waals surface area contributed by atoms with Gasteiger partial charge in [-0.25, -0.2) is 9.18 Å². The largest absolute Gasteiger partial charge is 0.459 e. The van der Waals surface area contributed by atoms with Gasteiger partial charge in [0.15, 0.2) is 0 Å². The maximum Gasteiger partial charge on any atom is 0.339 e. The average molecular weight is 277 g/mol. The van der Waals surface area contributed by atoms with Crippen LogP contribution in [-0.4, -0.2) is 17.1 Å². The van der Waals surface area contributed by atoms with E-state index in [0.717, 1.165) is 0 Å². The van der Waals surface area contributed by atoms with E-state index in [1.807, 2.05) is 0 Å². The summed E-state index contributed by atoms with van der Waals surface area (Å²) < 4.78 is 18.6. The normalized spacial score (nSPS) is 11.1. The smallest absolute Gasteiger partial charge is 0.339 e. The Labute approximate surface area is 115 Å². The molecule has 1 aromatic heterocycles. The molecule has 1 heterocycles. The molecule has 4 nitrogen and oxygen atoms in total. The molecule has 0 aliphatic rings. The van der Waals surface area contributed by atoms with Crippen LogP contribution in [0.4, 0.5) is 4.39 Å². The van der Waals surface area contributed by atoms with Crippen LogP contribution in [0.3, 0.4) is 0 Å². The molecular weight excluding hydrogens is 261 g/mol. The summed E-state index contributed by atoms with van der Waals surface area (Å²) in [6.07, 6.45) is 0.0553. The third-order valence-electron chi connectivity index (χ3n) is 2.98. The summed E-state index contributed by atoms with van der Waals surface area (Å²) in [5.74, 6) is -1.07. The van der Waals surface area contributed by atoms with Gasteiger partial charge in [0.1, 0.15) is 5.82 Å². The average Bonchev–Trinajstić information content (AvgIpc) is 2.36. The standard InChI is InChI=1S/C15H16FNO3/c1-4-10-13(15(19)20-8(2)3)11-7-9(16)5-6-12(11)17-14(10)18/h5-8H,4H2,1-3H3,(H,17,18). The molecule has 0 bridgehead atoms. The van der Waals surface area contributed by atoms with Gasteiger partial charge in [-0.2, -0.15) is 0 Å². The van der Waals surface area contributed by atoms with Crippen LogP contribution in [0.15, 0.2) is 23.0 Å². The Kier molecular flexibility index (Phi) is 3.88. The summed E-state index contributed by atoms with van der Waals surface area (Å²) in [4.78, 5) is 26.9. The Balaban J connectivity index is 2.79. The van der Waals surface area contributed by atoms with E-state index >= 15 is 0 Å². The third kappa shape index (κ3) is 2.57. The number of benzene rings is 1. The first-order valence-electron chi connectivity index (χ1n) is 6.49. The molecule has 1 N–H and O–H groups in total. The van der Waals surface area contributed by atoms with Crippen molar-refractivity contribution in [2.24, 2.45) is 0 Å². The minimum atomic E-state index is -0.599. The zero-order valence-corrected chi connectivity index (χ0v) is 11.6. The van der Waals surface area contributed by atoms with E-state index in [1.165, 1.54) is 18.2 Å². The molecule has 0 fully saturated rings. The SMILES string of the molecule is CCc1c(C(=O)OC(C)C)c2cc(F)ccc2[nH]c1=O. The Hall–Kier alpha value is -2.17. The molecule has 0 spiro atoms. The minimum absolute atomic E-state index is 0.152. The highest BCUT2D eigenvalue weighted by atomic mass is 19.1. The maximum atomic E-state index is 13.4. The van der Waals surface area contributed by atoms with Crippen molar-refractivity contribution in [2.45, 2.75) is 33.3 Å². The van der Waals surface area contributed by atoms with Gasteiger partial charge in [-0.15, -0.1) is 0 Å². The lowest BCUT2D eigenvalue weighted by Crippen LogP contribution is -2.21. The van der Waals surface area contributed by atoms with Gasteiger partial charge in [-0.3, -0.25) is 4.79 Å². The number of carbonyl (C=O) groups excluding carboxylic acids is 1. The number of halogens is 1. The van der Waals surface area contributed by atoms with Crippen LogP contribution in [0.25, 0.3) is 10.9 Å². The van der Waals surface area contributed by atoms with Gasteiger partial charge in [0.25, 0.3) is 5.56 Å². The first kappa shape index (κ1) is 14.2. The number of esters is 1. The Morgan fingerprint density at radius 1 is 1.40 bits per heavy atom. The number of hydrogen-bond acceptors (Lipinski definition) is 3. The monoisotopic (exact) mass is 277 g/mol. The molecule has 0 amide bonds. The van der Waals surface area contributed by atoms with Gasteiger partial charge in [0, 0.05) is 16.5 Å². The van der Waals surface area contributed by atoms with Gasteiger partial charge in [-0.05, 0) is 38.5 Å². The second-order valence-electron chi connectivity index (χ2n) is 4.81. The number of hydrogen-bond donors (Lipinski definition) is 1. The molecule has 0 unspecified atom stereocenters. The number of aromatic nitrogens is 1. The van der Waals surface area contributed by atoms with E-state index in [-0.39, 0.29) is 17.2 Å². The van der Waals surface area contributed by atoms with Crippen LogP contribution in [0.5, 0.6) is 0 Å². The lowest BCUT2D eigenvalue weighted by molar-refractivity contribution is 0.0379. The maximum absolute atomic E-state index is 13.4. The van der Waals surface area contributed by atoms with Gasteiger partial charge >= 0.3 is 5.97 Å². The van der Waals surface area contributed by atoms with Crippen molar-refractivity contribution in [3.05, 3.63) is 45.5 Å². The number of H-pyrrole nitrogens is 1. The summed E-state index contributed by atoms with van der Waals surface area (Å²) in [7, 11) is 0. The van der Waals surface area contributed by atoms with E-state index in [9.17, 15) is 14.0 Å². The molecule has 0 aliphatic heterocycles. The lowest BCUT2D eigenvalue weighted by Gasteiger charge is -2.13. The van der Waals surface area contributed by atoms with E-state index in [4.69, 9.17) is 4.74 Å². The molecule has 2 rings (SSSR count). The predicted molar refractivity (Wildman–Crippen MR) is 74.5 cm³/mol. The molecule has 0 radical (unpaired) electrons. The van der Waals surface area contributed by atoms with E-state index < -0.39 is 11.8 Å². The summed E-state index contributed by atoms with van der Waals surface area (Å²) in [5, 5.41) is 0.368.